The Balaban J connectivity index is 4.05. The van der Waals surface area contributed by atoms with Gasteiger partial charge in [-0.25, -0.2) is 0 Å². The predicted molar refractivity (Wildman–Crippen MR) is 51.8 cm³/mol. The van der Waals surface area contributed by atoms with Gasteiger partial charge in [0.15, 0.2) is 0 Å². The molecule has 0 aromatic rings. The van der Waals surface area contributed by atoms with Gasteiger partial charge in [0.25, 0.3) is 0 Å². The minimum Gasteiger partial charge on any atom is -0.469 e. The van der Waals surface area contributed by atoms with Gasteiger partial charge in [-0.2, -0.15) is 0 Å². The van der Waals surface area contributed by atoms with Crippen LogP contribution < -0.4 is 5.73 Å². The first-order valence-corrected chi connectivity index (χ1v) is 4.20. The SMILES string of the molecule is COC(=O)C[C@H](N)C#CC(C)(C)C. The fraction of sp³-hybridized carbons (Fsp3) is 0.700. The molecule has 0 saturated carbocycles. The summed E-state index contributed by atoms with van der Waals surface area (Å²) in [7, 11) is 1.34. The number of methoxy groups -OCH3 is 1. The highest BCUT2D eigenvalue weighted by atomic mass is 16.5. The van der Waals surface area contributed by atoms with Crippen LogP contribution in [0.25, 0.3) is 0 Å². The van der Waals surface area contributed by atoms with Crippen LogP contribution in [0.3, 0.4) is 0 Å². The molecule has 0 unspecified atom stereocenters. The first-order chi connectivity index (χ1) is 5.85. The molecule has 1 atom stereocenters. The number of carbonyl (C=O) groups is 1. The molecule has 0 aliphatic rings. The van der Waals surface area contributed by atoms with Crippen molar-refractivity contribution in [3.05, 3.63) is 0 Å². The quantitative estimate of drug-likeness (QED) is 0.511. The molecule has 3 heteroatoms. The third kappa shape index (κ3) is 7.35. The number of hydrogen-bond acceptors (Lipinski definition) is 3. The molecule has 0 spiro atoms. The van der Waals surface area contributed by atoms with Crippen LogP contribution in [0.4, 0.5) is 0 Å². The second-order valence-corrected chi connectivity index (χ2v) is 3.91. The Bertz CT molecular complexity index is 230. The number of hydrogen-bond donors (Lipinski definition) is 1. The Labute approximate surface area is 79.6 Å². The van der Waals surface area contributed by atoms with E-state index in [1.165, 1.54) is 7.11 Å². The molecule has 2 N–H and O–H groups in total. The van der Waals surface area contributed by atoms with Crippen LogP contribution in [0, 0.1) is 17.3 Å². The minimum atomic E-state index is -0.424. The van der Waals surface area contributed by atoms with E-state index >= 15 is 0 Å². The summed E-state index contributed by atoms with van der Waals surface area (Å²) in [6.45, 7) is 5.97. The van der Waals surface area contributed by atoms with Crippen LogP contribution in [-0.2, 0) is 9.53 Å². The van der Waals surface area contributed by atoms with Crippen LogP contribution in [0.15, 0.2) is 0 Å². The van der Waals surface area contributed by atoms with E-state index in [0.717, 1.165) is 0 Å². The summed E-state index contributed by atoms with van der Waals surface area (Å²) in [5, 5.41) is 0. The summed E-state index contributed by atoms with van der Waals surface area (Å²) in [5.41, 5.74) is 5.51. The summed E-state index contributed by atoms with van der Waals surface area (Å²) < 4.78 is 4.47. The highest BCUT2D eigenvalue weighted by Gasteiger charge is 2.08. The van der Waals surface area contributed by atoms with E-state index in [0.29, 0.717) is 0 Å². The van der Waals surface area contributed by atoms with Crippen molar-refractivity contribution >= 4 is 5.97 Å². The van der Waals surface area contributed by atoms with E-state index in [1.54, 1.807) is 0 Å². The number of carbonyl (C=O) groups excluding carboxylic acids is 1. The van der Waals surface area contributed by atoms with Crippen molar-refractivity contribution in [2.24, 2.45) is 11.1 Å². The van der Waals surface area contributed by atoms with E-state index in [2.05, 4.69) is 16.6 Å². The maximum atomic E-state index is 10.8. The van der Waals surface area contributed by atoms with Crippen molar-refractivity contribution < 1.29 is 9.53 Å². The summed E-state index contributed by atoms with van der Waals surface area (Å²) >= 11 is 0. The topological polar surface area (TPSA) is 52.3 Å². The molecule has 0 aliphatic carbocycles. The fourth-order valence-electron chi connectivity index (χ4n) is 0.623. The average Bonchev–Trinajstić information content (AvgIpc) is 1.99. The predicted octanol–water partition coefficient (Wildman–Crippen LogP) is 0.926. The lowest BCUT2D eigenvalue weighted by atomic mass is 9.97. The van der Waals surface area contributed by atoms with Gasteiger partial charge in [-0.15, -0.1) is 0 Å². The van der Waals surface area contributed by atoms with E-state index < -0.39 is 6.04 Å². The molecule has 13 heavy (non-hydrogen) atoms. The van der Waals surface area contributed by atoms with E-state index in [9.17, 15) is 4.79 Å². The summed E-state index contributed by atoms with van der Waals surface area (Å²) in [5.74, 6) is 5.46. The third-order valence-electron chi connectivity index (χ3n) is 1.25. The molecule has 0 bridgehead atoms. The van der Waals surface area contributed by atoms with Gasteiger partial charge in [-0.05, 0) is 20.8 Å². The zero-order valence-corrected chi connectivity index (χ0v) is 8.68. The van der Waals surface area contributed by atoms with Gasteiger partial charge in [0.1, 0.15) is 0 Å². The monoisotopic (exact) mass is 183 g/mol. The summed E-state index contributed by atoms with van der Waals surface area (Å²) in [6, 6.07) is -0.424. The molecule has 0 rings (SSSR count). The Kier molecular flexibility index (Phi) is 4.50. The Morgan fingerprint density at radius 2 is 2.08 bits per heavy atom. The van der Waals surface area contributed by atoms with Gasteiger partial charge in [-0.3, -0.25) is 4.79 Å². The van der Waals surface area contributed by atoms with Crippen LogP contribution in [0.1, 0.15) is 27.2 Å². The Morgan fingerprint density at radius 3 is 2.46 bits per heavy atom. The smallest absolute Gasteiger partial charge is 0.308 e. The highest BCUT2D eigenvalue weighted by Crippen LogP contribution is 2.09. The van der Waals surface area contributed by atoms with Crippen LogP contribution in [0.5, 0.6) is 0 Å². The molecular weight excluding hydrogens is 166 g/mol. The second-order valence-electron chi connectivity index (χ2n) is 3.91. The van der Waals surface area contributed by atoms with Crippen molar-refractivity contribution in [2.75, 3.05) is 7.11 Å². The number of esters is 1. The molecule has 0 aromatic carbocycles. The van der Waals surface area contributed by atoms with Crippen LogP contribution in [-0.4, -0.2) is 19.1 Å². The number of rotatable bonds is 2. The Hall–Kier alpha value is -1.01. The molecule has 0 fully saturated rings. The van der Waals surface area contributed by atoms with Gasteiger partial charge >= 0.3 is 5.97 Å². The first-order valence-electron chi connectivity index (χ1n) is 4.20. The van der Waals surface area contributed by atoms with E-state index in [1.807, 2.05) is 20.8 Å². The largest absolute Gasteiger partial charge is 0.469 e. The molecule has 0 amide bonds. The zero-order chi connectivity index (χ0) is 10.5. The van der Waals surface area contributed by atoms with E-state index in [4.69, 9.17) is 5.73 Å². The molecule has 0 aromatic heterocycles. The van der Waals surface area contributed by atoms with Crippen LogP contribution in [0.2, 0.25) is 0 Å². The molecule has 0 saturated heterocycles. The van der Waals surface area contributed by atoms with Gasteiger partial charge in [0, 0.05) is 5.41 Å². The second kappa shape index (κ2) is 4.88. The first kappa shape index (κ1) is 12.0. The molecule has 0 radical (unpaired) electrons. The van der Waals surface area contributed by atoms with Crippen molar-refractivity contribution in [1.29, 1.82) is 0 Å². The highest BCUT2D eigenvalue weighted by molar-refractivity contribution is 5.70. The molecule has 0 aliphatic heterocycles. The lowest BCUT2D eigenvalue weighted by Crippen LogP contribution is -2.23. The third-order valence-corrected chi connectivity index (χ3v) is 1.25. The lowest BCUT2D eigenvalue weighted by Gasteiger charge is -2.08. The summed E-state index contributed by atoms with van der Waals surface area (Å²) in [4.78, 5) is 10.8. The number of ether oxygens (including phenoxy) is 1. The molecule has 74 valence electrons. The van der Waals surface area contributed by atoms with Gasteiger partial charge < -0.3 is 10.5 Å². The molecular formula is C10H17NO2. The standard InChI is InChI=1S/C10H17NO2/c1-10(2,3)6-5-8(11)7-9(12)13-4/h8H,7,11H2,1-4H3/t8-/m1/s1. The normalized spacial score (nSPS) is 12.7. The lowest BCUT2D eigenvalue weighted by molar-refractivity contribution is -0.140. The van der Waals surface area contributed by atoms with Gasteiger partial charge in [-0.1, -0.05) is 11.8 Å². The molecule has 3 nitrogen and oxygen atoms in total. The number of nitrogens with two attached hydrogens (primary N) is 1. The van der Waals surface area contributed by atoms with Gasteiger partial charge in [0.2, 0.25) is 0 Å². The average molecular weight is 183 g/mol. The van der Waals surface area contributed by atoms with E-state index in [-0.39, 0.29) is 17.8 Å². The van der Waals surface area contributed by atoms with Gasteiger partial charge in [0.05, 0.1) is 19.6 Å². The van der Waals surface area contributed by atoms with Crippen LogP contribution >= 0.6 is 0 Å². The fourth-order valence-corrected chi connectivity index (χ4v) is 0.623. The Morgan fingerprint density at radius 1 is 1.54 bits per heavy atom. The zero-order valence-electron chi connectivity index (χ0n) is 8.68. The maximum absolute atomic E-state index is 10.8. The maximum Gasteiger partial charge on any atom is 0.308 e. The van der Waals surface area contributed by atoms with Crippen molar-refractivity contribution in [3.8, 4) is 11.8 Å². The molecule has 0 heterocycles. The van der Waals surface area contributed by atoms with Crippen molar-refractivity contribution in [2.45, 2.75) is 33.2 Å². The minimum absolute atomic E-state index is 0.0757. The van der Waals surface area contributed by atoms with Crippen molar-refractivity contribution in [3.63, 3.8) is 0 Å². The summed E-state index contributed by atoms with van der Waals surface area (Å²) in [6.07, 6.45) is 0.152. The van der Waals surface area contributed by atoms with Crippen molar-refractivity contribution in [1.82, 2.24) is 0 Å².